The van der Waals surface area contributed by atoms with Crippen LogP contribution in [0.4, 0.5) is 0 Å². The first-order chi connectivity index (χ1) is 12.9. The van der Waals surface area contributed by atoms with Crippen molar-refractivity contribution in [1.29, 1.82) is 0 Å². The molecule has 0 aromatic rings. The number of carbonyl (C=O) groups is 1. The summed E-state index contributed by atoms with van der Waals surface area (Å²) in [5.74, 6) is 0.337. The number of carboxylic acids is 1. The highest BCUT2D eigenvalue weighted by atomic mass is 16.4. The Kier molecular flexibility index (Phi) is 8.78. The molecule has 1 unspecified atom stereocenters. The molecule has 0 aliphatic heterocycles. The summed E-state index contributed by atoms with van der Waals surface area (Å²) in [5, 5.41) is 29.5. The fraction of sp³-hybridized carbons (Fsp3) is 0.696. The molecule has 152 valence electrons. The van der Waals surface area contributed by atoms with Crippen LogP contribution in [0.5, 0.6) is 0 Å². The maximum atomic E-state index is 10.6. The van der Waals surface area contributed by atoms with Gasteiger partial charge in [0.25, 0.3) is 0 Å². The predicted octanol–water partition coefficient (Wildman–Crippen LogP) is 4.48. The lowest BCUT2D eigenvalue weighted by Gasteiger charge is -2.20. The summed E-state index contributed by atoms with van der Waals surface area (Å²) in [5.41, 5.74) is 1.24. The number of hydrogen-bond donors (Lipinski definition) is 3. The molecular formula is C23H36O4. The summed E-state index contributed by atoms with van der Waals surface area (Å²) < 4.78 is 0. The molecule has 1 saturated carbocycles. The number of allylic oxidation sites excluding steroid dienone is 4. The van der Waals surface area contributed by atoms with Gasteiger partial charge in [-0.3, -0.25) is 4.79 Å². The Balaban J connectivity index is 1.86. The minimum absolute atomic E-state index is 0.0914. The zero-order valence-corrected chi connectivity index (χ0v) is 16.8. The Labute approximate surface area is 163 Å². The summed E-state index contributed by atoms with van der Waals surface area (Å²) in [6.45, 7) is 4.28. The number of hydrogen-bond acceptors (Lipinski definition) is 3. The summed E-state index contributed by atoms with van der Waals surface area (Å²) >= 11 is 0. The van der Waals surface area contributed by atoms with Crippen LogP contribution in [0.1, 0.15) is 65.2 Å². The monoisotopic (exact) mass is 376 g/mol. The Morgan fingerprint density at radius 2 is 2.15 bits per heavy atom. The number of rotatable bonds is 11. The van der Waals surface area contributed by atoms with Crippen LogP contribution in [0.3, 0.4) is 0 Å². The van der Waals surface area contributed by atoms with Gasteiger partial charge >= 0.3 is 5.97 Å². The summed E-state index contributed by atoms with van der Waals surface area (Å²) in [7, 11) is 0. The normalized spacial score (nSPS) is 30.0. The SMILES string of the molecule is CCCCCC(C)[C@H](O)C=C[C@H]1[C@H]2CC(C=CCCC(=O)O)=C[C@H]2C[C@H]1O. The molecule has 2 aliphatic carbocycles. The van der Waals surface area contributed by atoms with Crippen molar-refractivity contribution in [3.63, 3.8) is 0 Å². The summed E-state index contributed by atoms with van der Waals surface area (Å²) in [6, 6.07) is 0. The van der Waals surface area contributed by atoms with Gasteiger partial charge in [0.2, 0.25) is 0 Å². The quantitative estimate of drug-likeness (QED) is 0.367. The topological polar surface area (TPSA) is 77.8 Å². The third kappa shape index (κ3) is 6.62. The molecule has 0 aromatic heterocycles. The number of aliphatic hydroxyl groups excluding tert-OH is 2. The van der Waals surface area contributed by atoms with Gasteiger partial charge in [-0.1, -0.05) is 69.1 Å². The van der Waals surface area contributed by atoms with Gasteiger partial charge in [-0.2, -0.15) is 0 Å². The third-order valence-corrected chi connectivity index (χ3v) is 6.14. The minimum Gasteiger partial charge on any atom is -0.481 e. The van der Waals surface area contributed by atoms with Gasteiger partial charge in [0.1, 0.15) is 0 Å². The number of aliphatic hydroxyl groups is 2. The van der Waals surface area contributed by atoms with Crippen molar-refractivity contribution >= 4 is 5.97 Å². The van der Waals surface area contributed by atoms with Crippen molar-refractivity contribution in [2.75, 3.05) is 0 Å². The second-order valence-corrected chi connectivity index (χ2v) is 8.34. The van der Waals surface area contributed by atoms with Gasteiger partial charge in [-0.05, 0) is 43.4 Å². The lowest BCUT2D eigenvalue weighted by molar-refractivity contribution is -0.136. The van der Waals surface area contributed by atoms with E-state index in [2.05, 4.69) is 19.9 Å². The van der Waals surface area contributed by atoms with Crippen LogP contribution in [-0.2, 0) is 4.79 Å². The van der Waals surface area contributed by atoms with E-state index in [1.54, 1.807) is 0 Å². The second-order valence-electron chi connectivity index (χ2n) is 8.34. The highest BCUT2D eigenvalue weighted by molar-refractivity contribution is 5.66. The number of carboxylic acid groups (broad SMARTS) is 1. The Bertz CT molecular complexity index is 563. The van der Waals surface area contributed by atoms with E-state index in [1.807, 2.05) is 24.3 Å². The van der Waals surface area contributed by atoms with E-state index in [-0.39, 0.29) is 24.4 Å². The fourth-order valence-corrected chi connectivity index (χ4v) is 4.43. The number of unbranched alkanes of at least 4 members (excludes halogenated alkanes) is 2. The first-order valence-electron chi connectivity index (χ1n) is 10.6. The van der Waals surface area contributed by atoms with Crippen LogP contribution in [0.25, 0.3) is 0 Å². The Hall–Kier alpha value is -1.39. The third-order valence-electron chi connectivity index (χ3n) is 6.14. The number of aliphatic carboxylic acids is 1. The molecule has 2 rings (SSSR count). The summed E-state index contributed by atoms with van der Waals surface area (Å²) in [4.78, 5) is 10.6. The van der Waals surface area contributed by atoms with Crippen molar-refractivity contribution < 1.29 is 20.1 Å². The molecule has 0 spiro atoms. The van der Waals surface area contributed by atoms with Gasteiger partial charge in [0.05, 0.1) is 12.2 Å². The largest absolute Gasteiger partial charge is 0.481 e. The lowest BCUT2D eigenvalue weighted by atomic mass is 9.88. The molecular weight excluding hydrogens is 340 g/mol. The van der Waals surface area contributed by atoms with Crippen molar-refractivity contribution in [2.45, 2.75) is 77.4 Å². The van der Waals surface area contributed by atoms with Crippen LogP contribution in [-0.4, -0.2) is 33.5 Å². The van der Waals surface area contributed by atoms with Crippen molar-refractivity contribution in [2.24, 2.45) is 23.7 Å². The maximum absolute atomic E-state index is 10.6. The smallest absolute Gasteiger partial charge is 0.303 e. The average molecular weight is 377 g/mol. The highest BCUT2D eigenvalue weighted by Gasteiger charge is 2.43. The van der Waals surface area contributed by atoms with Gasteiger partial charge in [0, 0.05) is 12.3 Å². The zero-order chi connectivity index (χ0) is 19.8. The molecule has 1 fully saturated rings. The maximum Gasteiger partial charge on any atom is 0.303 e. The van der Waals surface area contributed by atoms with Crippen molar-refractivity contribution in [3.8, 4) is 0 Å². The van der Waals surface area contributed by atoms with E-state index in [4.69, 9.17) is 5.11 Å². The van der Waals surface area contributed by atoms with Crippen LogP contribution in [0.2, 0.25) is 0 Å². The van der Waals surface area contributed by atoms with Crippen LogP contribution < -0.4 is 0 Å². The highest BCUT2D eigenvalue weighted by Crippen LogP contribution is 2.47. The van der Waals surface area contributed by atoms with Crippen LogP contribution in [0.15, 0.2) is 36.0 Å². The van der Waals surface area contributed by atoms with E-state index < -0.39 is 12.1 Å². The molecule has 0 amide bonds. The second kappa shape index (κ2) is 10.8. The first-order valence-corrected chi connectivity index (χ1v) is 10.6. The number of fused-ring (bicyclic) bond motifs is 1. The molecule has 0 radical (unpaired) electrons. The molecule has 0 heterocycles. The molecule has 27 heavy (non-hydrogen) atoms. The first kappa shape index (κ1) is 21.9. The molecule has 0 saturated heterocycles. The lowest BCUT2D eigenvalue weighted by Crippen LogP contribution is -2.19. The minimum atomic E-state index is -0.771. The fourth-order valence-electron chi connectivity index (χ4n) is 4.43. The van der Waals surface area contributed by atoms with Crippen molar-refractivity contribution in [3.05, 3.63) is 36.0 Å². The van der Waals surface area contributed by atoms with E-state index in [0.717, 1.165) is 25.7 Å². The molecule has 0 bridgehead atoms. The molecule has 4 nitrogen and oxygen atoms in total. The standard InChI is InChI=1S/C23H36O4/c1-3-4-5-8-16(2)21(24)12-11-19-20-14-17(9-6-7-10-23(26)27)13-18(20)15-22(19)25/h6,9,11-13,16,18-22,24-25H,3-5,7-8,10,14-15H2,1-2H3,(H,26,27)/t16?,18-,19-,20-,21+,22+/m0/s1. The molecule has 4 heteroatoms. The van der Waals surface area contributed by atoms with Crippen LogP contribution in [0, 0.1) is 23.7 Å². The Morgan fingerprint density at radius 1 is 1.37 bits per heavy atom. The van der Waals surface area contributed by atoms with E-state index in [9.17, 15) is 15.0 Å². The predicted molar refractivity (Wildman–Crippen MR) is 108 cm³/mol. The average Bonchev–Trinajstić information content (AvgIpc) is 3.13. The molecule has 2 aliphatic rings. The summed E-state index contributed by atoms with van der Waals surface area (Å²) in [6.07, 6.45) is 16.4. The van der Waals surface area contributed by atoms with E-state index >= 15 is 0 Å². The Morgan fingerprint density at radius 3 is 2.85 bits per heavy atom. The van der Waals surface area contributed by atoms with Crippen molar-refractivity contribution in [1.82, 2.24) is 0 Å². The van der Waals surface area contributed by atoms with E-state index in [1.165, 1.54) is 18.4 Å². The van der Waals surface area contributed by atoms with Gasteiger partial charge < -0.3 is 15.3 Å². The van der Waals surface area contributed by atoms with Gasteiger partial charge in [-0.15, -0.1) is 0 Å². The van der Waals surface area contributed by atoms with Gasteiger partial charge in [0.15, 0.2) is 0 Å². The van der Waals surface area contributed by atoms with E-state index in [0.29, 0.717) is 18.3 Å². The van der Waals surface area contributed by atoms with Gasteiger partial charge in [-0.25, -0.2) is 0 Å². The zero-order valence-electron chi connectivity index (χ0n) is 16.8. The van der Waals surface area contributed by atoms with Crippen LogP contribution >= 0.6 is 0 Å². The molecule has 0 aromatic carbocycles. The molecule has 3 N–H and O–H groups in total. The molecule has 6 atom stereocenters.